The van der Waals surface area contributed by atoms with Crippen molar-refractivity contribution in [2.24, 2.45) is 11.8 Å². The summed E-state index contributed by atoms with van der Waals surface area (Å²) in [5.41, 5.74) is 4.15. The maximum absolute atomic E-state index is 11.8. The Morgan fingerprint density at radius 1 is 0.643 bits per heavy atom. The zero-order chi connectivity index (χ0) is 20.5. The van der Waals surface area contributed by atoms with Gasteiger partial charge in [-0.1, -0.05) is 52.0 Å². The van der Waals surface area contributed by atoms with Crippen LogP contribution in [0.1, 0.15) is 51.7 Å². The molecule has 150 valence electrons. The summed E-state index contributed by atoms with van der Waals surface area (Å²) >= 11 is 0. The zero-order valence-corrected chi connectivity index (χ0v) is 17.4. The maximum Gasteiger partial charge on any atom is 0.224 e. The number of benzene rings is 2. The summed E-state index contributed by atoms with van der Waals surface area (Å²) in [4.78, 5) is 23.7. The van der Waals surface area contributed by atoms with E-state index in [4.69, 9.17) is 0 Å². The van der Waals surface area contributed by atoms with Crippen LogP contribution in [0.5, 0.6) is 0 Å². The van der Waals surface area contributed by atoms with E-state index in [1.165, 1.54) is 11.1 Å². The molecule has 0 saturated heterocycles. The molecule has 0 radical (unpaired) electrons. The Bertz CT molecular complexity index is 695. The number of rotatable bonds is 9. The van der Waals surface area contributed by atoms with E-state index in [-0.39, 0.29) is 11.8 Å². The van der Waals surface area contributed by atoms with Crippen molar-refractivity contribution in [2.45, 2.75) is 53.4 Å². The molecule has 0 spiro atoms. The standard InChI is InChI=1S/C24H32N2O2/c1-17(2)15-23(27)25-21-11-7-19(8-12-21)5-6-20-9-13-22(14-10-20)26-24(28)16-18(3)4/h7-14,17-18H,5-6,15-16H2,1-4H3,(H,25,27)(H,26,28). The van der Waals surface area contributed by atoms with Gasteiger partial charge in [0.05, 0.1) is 0 Å². The maximum atomic E-state index is 11.8. The second-order valence-electron chi connectivity index (χ2n) is 8.19. The van der Waals surface area contributed by atoms with Crippen LogP contribution in [0.4, 0.5) is 11.4 Å². The summed E-state index contributed by atoms with van der Waals surface area (Å²) < 4.78 is 0. The summed E-state index contributed by atoms with van der Waals surface area (Å²) in [5.74, 6) is 0.829. The molecule has 0 heterocycles. The van der Waals surface area contributed by atoms with E-state index in [0.717, 1.165) is 24.2 Å². The lowest BCUT2D eigenvalue weighted by Gasteiger charge is -2.09. The van der Waals surface area contributed by atoms with Crippen molar-refractivity contribution >= 4 is 23.2 Å². The van der Waals surface area contributed by atoms with Crippen LogP contribution in [0.25, 0.3) is 0 Å². The van der Waals surface area contributed by atoms with Crippen LogP contribution >= 0.6 is 0 Å². The van der Waals surface area contributed by atoms with Gasteiger partial charge in [-0.15, -0.1) is 0 Å². The van der Waals surface area contributed by atoms with Gasteiger partial charge in [0, 0.05) is 24.2 Å². The summed E-state index contributed by atoms with van der Waals surface area (Å²) in [6, 6.07) is 16.1. The number of carbonyl (C=O) groups excluding carboxylic acids is 2. The first kappa shape index (κ1) is 21.7. The van der Waals surface area contributed by atoms with Crippen molar-refractivity contribution in [3.63, 3.8) is 0 Å². The molecule has 0 unspecified atom stereocenters. The molecule has 0 fully saturated rings. The Hall–Kier alpha value is -2.62. The minimum absolute atomic E-state index is 0.0586. The fourth-order valence-corrected chi connectivity index (χ4v) is 2.96. The SMILES string of the molecule is CC(C)CC(=O)Nc1ccc(CCc2ccc(NC(=O)CC(C)C)cc2)cc1. The van der Waals surface area contributed by atoms with Crippen LogP contribution in [0, 0.1) is 11.8 Å². The highest BCUT2D eigenvalue weighted by Gasteiger charge is 2.06. The molecule has 0 bridgehead atoms. The summed E-state index contributed by atoms with van der Waals surface area (Å²) in [5, 5.41) is 5.87. The average Bonchev–Trinajstić information content (AvgIpc) is 2.61. The van der Waals surface area contributed by atoms with Gasteiger partial charge in [-0.05, 0) is 60.1 Å². The normalized spacial score (nSPS) is 10.9. The van der Waals surface area contributed by atoms with Crippen LogP contribution in [0.15, 0.2) is 48.5 Å². The molecule has 4 heteroatoms. The molecule has 0 aliphatic rings. The molecule has 2 N–H and O–H groups in total. The van der Waals surface area contributed by atoms with Gasteiger partial charge < -0.3 is 10.6 Å². The number of nitrogens with one attached hydrogen (secondary N) is 2. The lowest BCUT2D eigenvalue weighted by molar-refractivity contribution is -0.117. The van der Waals surface area contributed by atoms with Crippen LogP contribution in [0.3, 0.4) is 0 Å². The third kappa shape index (κ3) is 7.95. The summed E-state index contributed by atoms with van der Waals surface area (Å²) in [7, 11) is 0. The molecule has 0 atom stereocenters. The summed E-state index contributed by atoms with van der Waals surface area (Å²) in [6.45, 7) is 8.15. The van der Waals surface area contributed by atoms with E-state index in [1.54, 1.807) is 0 Å². The molecule has 0 saturated carbocycles. The minimum atomic E-state index is 0.0586. The third-order valence-electron chi connectivity index (χ3n) is 4.37. The highest BCUT2D eigenvalue weighted by molar-refractivity contribution is 5.91. The Balaban J connectivity index is 1.82. The average molecular weight is 381 g/mol. The number of hydrogen-bond acceptors (Lipinski definition) is 2. The lowest BCUT2D eigenvalue weighted by atomic mass is 10.0. The molecule has 0 aliphatic heterocycles. The first-order chi connectivity index (χ1) is 13.3. The Kier molecular flexibility index (Phi) is 8.24. The van der Waals surface area contributed by atoms with Crippen molar-refractivity contribution < 1.29 is 9.59 Å². The van der Waals surface area contributed by atoms with Crippen molar-refractivity contribution in [1.29, 1.82) is 0 Å². The molecule has 2 rings (SSSR count). The quantitative estimate of drug-likeness (QED) is 0.608. The molecular weight excluding hydrogens is 348 g/mol. The Morgan fingerprint density at radius 2 is 0.964 bits per heavy atom. The van der Waals surface area contributed by atoms with Crippen LogP contribution in [-0.2, 0) is 22.4 Å². The third-order valence-corrected chi connectivity index (χ3v) is 4.37. The van der Waals surface area contributed by atoms with Gasteiger partial charge in [0.2, 0.25) is 11.8 Å². The minimum Gasteiger partial charge on any atom is -0.326 e. The second-order valence-corrected chi connectivity index (χ2v) is 8.19. The van der Waals surface area contributed by atoms with E-state index in [1.807, 2.05) is 52.0 Å². The summed E-state index contributed by atoms with van der Waals surface area (Å²) in [6.07, 6.45) is 2.93. The molecule has 0 aromatic heterocycles. The first-order valence-electron chi connectivity index (χ1n) is 10.1. The van der Waals surface area contributed by atoms with Crippen molar-refractivity contribution in [2.75, 3.05) is 10.6 Å². The zero-order valence-electron chi connectivity index (χ0n) is 17.4. The van der Waals surface area contributed by atoms with Gasteiger partial charge >= 0.3 is 0 Å². The second kappa shape index (κ2) is 10.6. The molecule has 2 amide bonds. The fraction of sp³-hybridized carbons (Fsp3) is 0.417. The first-order valence-corrected chi connectivity index (χ1v) is 10.1. The molecule has 0 aliphatic carbocycles. The van der Waals surface area contributed by atoms with Crippen LogP contribution < -0.4 is 10.6 Å². The highest BCUT2D eigenvalue weighted by atomic mass is 16.2. The smallest absolute Gasteiger partial charge is 0.224 e. The highest BCUT2D eigenvalue weighted by Crippen LogP contribution is 2.15. The molecular formula is C24H32N2O2. The molecule has 28 heavy (non-hydrogen) atoms. The van der Waals surface area contributed by atoms with E-state index in [0.29, 0.717) is 24.7 Å². The number of hydrogen-bond donors (Lipinski definition) is 2. The largest absolute Gasteiger partial charge is 0.326 e. The van der Waals surface area contributed by atoms with E-state index < -0.39 is 0 Å². The lowest BCUT2D eigenvalue weighted by Crippen LogP contribution is -2.13. The predicted octanol–water partition coefficient (Wildman–Crippen LogP) is 5.44. The number of aryl methyl sites for hydroxylation is 2. The Morgan fingerprint density at radius 3 is 1.25 bits per heavy atom. The van der Waals surface area contributed by atoms with Crippen LogP contribution in [0.2, 0.25) is 0 Å². The molecule has 2 aromatic rings. The topological polar surface area (TPSA) is 58.2 Å². The van der Waals surface area contributed by atoms with Gasteiger partial charge in [0.25, 0.3) is 0 Å². The number of anilines is 2. The molecule has 2 aromatic carbocycles. The predicted molar refractivity (Wildman–Crippen MR) is 116 cm³/mol. The van der Waals surface area contributed by atoms with Gasteiger partial charge in [0.15, 0.2) is 0 Å². The van der Waals surface area contributed by atoms with E-state index in [2.05, 4.69) is 34.9 Å². The monoisotopic (exact) mass is 380 g/mol. The van der Waals surface area contributed by atoms with Gasteiger partial charge in [-0.2, -0.15) is 0 Å². The van der Waals surface area contributed by atoms with E-state index >= 15 is 0 Å². The number of carbonyl (C=O) groups is 2. The van der Waals surface area contributed by atoms with Crippen molar-refractivity contribution in [3.05, 3.63) is 59.7 Å². The van der Waals surface area contributed by atoms with Crippen molar-refractivity contribution in [1.82, 2.24) is 0 Å². The van der Waals surface area contributed by atoms with Crippen molar-refractivity contribution in [3.8, 4) is 0 Å². The van der Waals surface area contributed by atoms with Gasteiger partial charge in [-0.25, -0.2) is 0 Å². The number of amides is 2. The Labute approximate surface area is 168 Å². The fourth-order valence-electron chi connectivity index (χ4n) is 2.96. The van der Waals surface area contributed by atoms with E-state index in [9.17, 15) is 9.59 Å². The van der Waals surface area contributed by atoms with Gasteiger partial charge in [-0.3, -0.25) is 9.59 Å². The van der Waals surface area contributed by atoms with Gasteiger partial charge in [0.1, 0.15) is 0 Å². The van der Waals surface area contributed by atoms with Crippen LogP contribution in [-0.4, -0.2) is 11.8 Å². The molecule has 4 nitrogen and oxygen atoms in total.